The first-order valence-corrected chi connectivity index (χ1v) is 12.9. The number of hydrogen-bond acceptors (Lipinski definition) is 5. The number of benzene rings is 3. The van der Waals surface area contributed by atoms with Crippen LogP contribution in [-0.4, -0.2) is 16.0 Å². The minimum Gasteiger partial charge on any atom is -0.457 e. The average Bonchev–Trinajstić information content (AvgIpc) is 3.49. The normalized spacial score (nSPS) is 11.3. The lowest BCUT2D eigenvalue weighted by atomic mass is 10.2. The maximum Gasteiger partial charge on any atom is 0.250 e. The highest BCUT2D eigenvalue weighted by Crippen LogP contribution is 2.33. The molecule has 1 amide bonds. The average molecular weight is 603 g/mol. The number of carbonyl (C=O) groups excluding carboxylic acids is 1. The first-order chi connectivity index (χ1) is 18.2. The molecule has 2 aromatic heterocycles. The molecular weight excluding hydrogens is 588 g/mol. The summed E-state index contributed by atoms with van der Waals surface area (Å²) in [4.78, 5) is 16.9. The molecule has 0 aliphatic heterocycles. The second kappa shape index (κ2) is 11.2. The van der Waals surface area contributed by atoms with Crippen molar-refractivity contribution in [3.63, 3.8) is 0 Å². The summed E-state index contributed by atoms with van der Waals surface area (Å²) in [7, 11) is 0. The van der Waals surface area contributed by atoms with Gasteiger partial charge in [-0.2, -0.15) is 0 Å². The Morgan fingerprint density at radius 3 is 2.42 bits per heavy atom. The molecule has 0 fully saturated rings. The lowest BCUT2D eigenvalue weighted by Crippen LogP contribution is -2.32. The predicted molar refractivity (Wildman–Crippen MR) is 157 cm³/mol. The van der Waals surface area contributed by atoms with Crippen LogP contribution in [0.4, 0.5) is 5.69 Å². The number of fused-ring (bicyclic) bond motifs is 1. The SMILES string of the molecule is O=C(/C=C/c1ccc(-c2cc(Cl)cc(Cl)c2)o1)NC(=S)Nc1ccc2oc(-c3ccc(Cl)cc3Cl)nc2c1. The van der Waals surface area contributed by atoms with Crippen LogP contribution in [0, 0.1) is 0 Å². The summed E-state index contributed by atoms with van der Waals surface area (Å²) in [6, 6.07) is 18.9. The van der Waals surface area contributed by atoms with E-state index in [0.29, 0.717) is 59.9 Å². The van der Waals surface area contributed by atoms with Crippen LogP contribution in [0.15, 0.2) is 81.6 Å². The number of aromatic nitrogens is 1. The fraction of sp³-hybridized carbons (Fsp3) is 0. The number of rotatable bonds is 5. The topological polar surface area (TPSA) is 80.3 Å². The molecule has 0 radical (unpaired) electrons. The van der Waals surface area contributed by atoms with Crippen molar-refractivity contribution in [2.24, 2.45) is 0 Å². The quantitative estimate of drug-likeness (QED) is 0.154. The third-order valence-electron chi connectivity index (χ3n) is 5.22. The number of oxazole rings is 1. The minimum absolute atomic E-state index is 0.108. The number of thiocarbonyl (C=S) groups is 1. The van der Waals surface area contributed by atoms with E-state index in [4.69, 9.17) is 67.5 Å². The maximum absolute atomic E-state index is 12.4. The van der Waals surface area contributed by atoms with E-state index in [1.54, 1.807) is 66.7 Å². The lowest BCUT2D eigenvalue weighted by molar-refractivity contribution is -0.115. The molecule has 2 heterocycles. The highest BCUT2D eigenvalue weighted by Gasteiger charge is 2.13. The van der Waals surface area contributed by atoms with Gasteiger partial charge in [-0.25, -0.2) is 4.98 Å². The standard InChI is InChI=1S/C27H15Cl4N3O3S/c28-15-1-5-20(21(31)12-15)26-33-22-13-18(2-6-24(22)37-26)32-27(38)34-25(35)8-4-19-3-7-23(36-19)14-9-16(29)11-17(30)10-14/h1-13H,(H2,32,34,35,38)/b8-4+. The van der Waals surface area contributed by atoms with Crippen molar-refractivity contribution in [3.05, 3.63) is 98.7 Å². The first-order valence-electron chi connectivity index (χ1n) is 11.0. The third-order valence-corrected chi connectivity index (χ3v) is 6.40. The zero-order valence-corrected chi connectivity index (χ0v) is 22.9. The van der Waals surface area contributed by atoms with Crippen LogP contribution in [-0.2, 0) is 4.79 Å². The van der Waals surface area contributed by atoms with Crippen molar-refractivity contribution in [1.82, 2.24) is 10.3 Å². The largest absolute Gasteiger partial charge is 0.457 e. The summed E-state index contributed by atoms with van der Waals surface area (Å²) in [5.41, 5.74) is 3.11. The Balaban J connectivity index is 1.21. The Bertz CT molecular complexity index is 1710. The van der Waals surface area contributed by atoms with Crippen molar-refractivity contribution < 1.29 is 13.6 Å². The molecule has 0 atom stereocenters. The van der Waals surface area contributed by atoms with Gasteiger partial charge in [0.2, 0.25) is 11.8 Å². The molecule has 0 spiro atoms. The van der Waals surface area contributed by atoms with Gasteiger partial charge in [0, 0.05) is 32.4 Å². The highest BCUT2D eigenvalue weighted by molar-refractivity contribution is 7.80. The molecule has 5 rings (SSSR count). The molecule has 3 aromatic carbocycles. The molecule has 2 N–H and O–H groups in total. The van der Waals surface area contributed by atoms with E-state index >= 15 is 0 Å². The zero-order valence-electron chi connectivity index (χ0n) is 19.1. The van der Waals surface area contributed by atoms with Crippen LogP contribution in [0.5, 0.6) is 0 Å². The number of halogens is 4. The molecule has 5 aromatic rings. The molecule has 38 heavy (non-hydrogen) atoms. The van der Waals surface area contributed by atoms with E-state index in [1.165, 1.54) is 12.2 Å². The van der Waals surface area contributed by atoms with Crippen molar-refractivity contribution in [3.8, 4) is 22.8 Å². The second-order valence-corrected chi connectivity index (χ2v) is 10.1. The molecule has 0 saturated heterocycles. The van der Waals surface area contributed by atoms with Crippen molar-refractivity contribution in [2.45, 2.75) is 0 Å². The molecule has 11 heteroatoms. The van der Waals surface area contributed by atoms with Gasteiger partial charge in [-0.15, -0.1) is 0 Å². The van der Waals surface area contributed by atoms with Crippen LogP contribution in [0.1, 0.15) is 5.76 Å². The molecule has 0 unspecified atom stereocenters. The van der Waals surface area contributed by atoms with Gasteiger partial charge >= 0.3 is 0 Å². The van der Waals surface area contributed by atoms with E-state index in [2.05, 4.69) is 15.6 Å². The Morgan fingerprint density at radius 2 is 1.66 bits per heavy atom. The summed E-state index contributed by atoms with van der Waals surface area (Å²) >= 11 is 29.6. The lowest BCUT2D eigenvalue weighted by Gasteiger charge is -2.07. The second-order valence-electron chi connectivity index (χ2n) is 7.96. The van der Waals surface area contributed by atoms with Crippen LogP contribution < -0.4 is 10.6 Å². The highest BCUT2D eigenvalue weighted by atomic mass is 35.5. The van der Waals surface area contributed by atoms with Gasteiger partial charge in [0.25, 0.3) is 0 Å². The number of amides is 1. The van der Waals surface area contributed by atoms with Gasteiger partial charge in [-0.1, -0.05) is 46.4 Å². The van der Waals surface area contributed by atoms with E-state index < -0.39 is 5.91 Å². The van der Waals surface area contributed by atoms with Crippen molar-refractivity contribution in [2.75, 3.05) is 5.32 Å². The van der Waals surface area contributed by atoms with Crippen LogP contribution in [0.25, 0.3) is 40.0 Å². The Hall–Kier alpha value is -3.33. The Labute approximate surface area is 242 Å². The van der Waals surface area contributed by atoms with Gasteiger partial charge in [-0.05, 0) is 85.0 Å². The van der Waals surface area contributed by atoms with Crippen LogP contribution in [0.2, 0.25) is 20.1 Å². The monoisotopic (exact) mass is 601 g/mol. The number of carbonyl (C=O) groups is 1. The molecule has 6 nitrogen and oxygen atoms in total. The van der Waals surface area contributed by atoms with Crippen molar-refractivity contribution >= 4 is 92.5 Å². The third kappa shape index (κ3) is 6.20. The number of nitrogens with zero attached hydrogens (tertiary/aromatic N) is 1. The molecule has 0 aliphatic carbocycles. The smallest absolute Gasteiger partial charge is 0.250 e. The van der Waals surface area contributed by atoms with Crippen molar-refractivity contribution in [1.29, 1.82) is 0 Å². The molecular formula is C27H15Cl4N3O3S. The number of hydrogen-bond donors (Lipinski definition) is 2. The Kier molecular flexibility index (Phi) is 7.74. The maximum atomic E-state index is 12.4. The first kappa shape index (κ1) is 26.3. The van der Waals surface area contributed by atoms with Gasteiger partial charge in [-0.3, -0.25) is 10.1 Å². The number of nitrogens with one attached hydrogen (secondary N) is 2. The van der Waals surface area contributed by atoms with Gasteiger partial charge in [0.15, 0.2) is 10.7 Å². The molecule has 0 saturated carbocycles. The van der Waals surface area contributed by atoms with E-state index in [0.717, 1.165) is 5.56 Å². The zero-order chi connectivity index (χ0) is 26.8. The number of anilines is 1. The summed E-state index contributed by atoms with van der Waals surface area (Å²) in [5, 5.41) is 7.59. The Morgan fingerprint density at radius 1 is 0.868 bits per heavy atom. The van der Waals surface area contributed by atoms with Crippen LogP contribution in [0.3, 0.4) is 0 Å². The molecule has 0 bridgehead atoms. The summed E-state index contributed by atoms with van der Waals surface area (Å²) < 4.78 is 11.6. The van der Waals surface area contributed by atoms with Gasteiger partial charge in [0.05, 0.1) is 10.6 Å². The van der Waals surface area contributed by atoms with E-state index in [-0.39, 0.29) is 5.11 Å². The number of furan rings is 1. The minimum atomic E-state index is -0.437. The molecule has 0 aliphatic rings. The predicted octanol–water partition coefficient (Wildman–Crippen LogP) is 8.89. The van der Waals surface area contributed by atoms with E-state index in [9.17, 15) is 4.79 Å². The summed E-state index contributed by atoms with van der Waals surface area (Å²) in [6.45, 7) is 0. The summed E-state index contributed by atoms with van der Waals surface area (Å²) in [5.74, 6) is 0.961. The van der Waals surface area contributed by atoms with Crippen LogP contribution >= 0.6 is 58.6 Å². The summed E-state index contributed by atoms with van der Waals surface area (Å²) in [6.07, 6.45) is 2.84. The van der Waals surface area contributed by atoms with E-state index in [1.807, 2.05) is 0 Å². The van der Waals surface area contributed by atoms with Gasteiger partial charge in [0.1, 0.15) is 17.0 Å². The fourth-order valence-corrected chi connectivity index (χ4v) is 4.78. The van der Waals surface area contributed by atoms with Gasteiger partial charge < -0.3 is 14.2 Å². The molecule has 190 valence electrons. The fourth-order valence-electron chi connectivity index (χ4n) is 3.55.